The molecule has 0 bridgehead atoms. The van der Waals surface area contributed by atoms with E-state index in [1.54, 1.807) is 24.3 Å². The third kappa shape index (κ3) is 4.12. The van der Waals surface area contributed by atoms with Crippen molar-refractivity contribution in [3.05, 3.63) is 65.1 Å². The minimum Gasteiger partial charge on any atom is -0.492 e. The van der Waals surface area contributed by atoms with Crippen LogP contribution in [0.2, 0.25) is 0 Å². The van der Waals surface area contributed by atoms with Crippen LogP contribution in [0.3, 0.4) is 0 Å². The lowest BCUT2D eigenvalue weighted by Crippen LogP contribution is -2.45. The number of aromatic nitrogens is 1. The van der Waals surface area contributed by atoms with E-state index in [1.807, 2.05) is 12.3 Å². The molecule has 2 atom stereocenters. The molecule has 2 heterocycles. The second-order valence-electron chi connectivity index (χ2n) is 7.67. The van der Waals surface area contributed by atoms with Gasteiger partial charge in [0.1, 0.15) is 18.2 Å². The molecule has 3 aromatic rings. The number of nitrogens with two attached hydrogens (primary N) is 1. The van der Waals surface area contributed by atoms with Gasteiger partial charge in [-0.15, -0.1) is 0 Å². The van der Waals surface area contributed by atoms with Gasteiger partial charge in [-0.25, -0.2) is 4.39 Å². The zero-order valence-corrected chi connectivity index (χ0v) is 16.5. The molecule has 0 radical (unpaired) electrons. The van der Waals surface area contributed by atoms with E-state index in [2.05, 4.69) is 17.2 Å². The largest absolute Gasteiger partial charge is 0.492 e. The molecule has 0 aliphatic carbocycles. The van der Waals surface area contributed by atoms with E-state index in [4.69, 9.17) is 10.5 Å². The molecule has 0 saturated heterocycles. The molecule has 2 aromatic carbocycles. The zero-order valence-electron chi connectivity index (χ0n) is 16.5. The van der Waals surface area contributed by atoms with Gasteiger partial charge in [-0.3, -0.25) is 4.79 Å². The van der Waals surface area contributed by atoms with Crippen LogP contribution in [0.5, 0.6) is 5.75 Å². The molecular formula is C23H26FN3O2. The molecule has 0 spiro atoms. The SMILES string of the molecule is CCC(CCc1c[nH]c2ccc(F)cc12)NC1COc2cccc(C(N)=O)c2C1. The maximum Gasteiger partial charge on any atom is 0.249 e. The number of hydrogen-bond acceptors (Lipinski definition) is 3. The fourth-order valence-electron chi connectivity index (χ4n) is 4.17. The highest BCUT2D eigenvalue weighted by atomic mass is 19.1. The number of benzene rings is 2. The van der Waals surface area contributed by atoms with Gasteiger partial charge in [-0.1, -0.05) is 13.0 Å². The maximum absolute atomic E-state index is 13.6. The van der Waals surface area contributed by atoms with Crippen LogP contribution >= 0.6 is 0 Å². The molecule has 5 nitrogen and oxygen atoms in total. The molecule has 0 saturated carbocycles. The van der Waals surface area contributed by atoms with E-state index in [0.717, 1.165) is 47.0 Å². The van der Waals surface area contributed by atoms with Crippen LogP contribution in [-0.4, -0.2) is 29.6 Å². The van der Waals surface area contributed by atoms with Crippen LogP contribution in [0.4, 0.5) is 4.39 Å². The van der Waals surface area contributed by atoms with Crippen LogP contribution in [0.1, 0.15) is 41.3 Å². The number of hydrogen-bond donors (Lipinski definition) is 3. The number of rotatable bonds is 7. The van der Waals surface area contributed by atoms with Gasteiger partial charge < -0.3 is 20.8 Å². The topological polar surface area (TPSA) is 80.1 Å². The lowest BCUT2D eigenvalue weighted by Gasteiger charge is -2.30. The monoisotopic (exact) mass is 395 g/mol. The van der Waals surface area contributed by atoms with Crippen LogP contribution < -0.4 is 15.8 Å². The minimum atomic E-state index is -0.426. The normalized spacial score (nSPS) is 17.0. The highest BCUT2D eigenvalue weighted by molar-refractivity contribution is 5.95. The number of ether oxygens (including phenoxy) is 1. The maximum atomic E-state index is 13.6. The van der Waals surface area contributed by atoms with Crippen LogP contribution in [0.15, 0.2) is 42.6 Å². The summed E-state index contributed by atoms with van der Waals surface area (Å²) in [4.78, 5) is 15.0. The molecule has 1 aliphatic heterocycles. The Labute approximate surface area is 169 Å². The predicted molar refractivity (Wildman–Crippen MR) is 112 cm³/mol. The highest BCUT2D eigenvalue weighted by Gasteiger charge is 2.25. The number of fused-ring (bicyclic) bond motifs is 2. The van der Waals surface area contributed by atoms with Gasteiger partial charge >= 0.3 is 0 Å². The van der Waals surface area contributed by atoms with Crippen molar-refractivity contribution in [2.45, 2.75) is 44.7 Å². The Bertz CT molecular complexity index is 1030. The number of nitrogens with one attached hydrogen (secondary N) is 2. The molecule has 4 rings (SSSR count). The summed E-state index contributed by atoms with van der Waals surface area (Å²) in [7, 11) is 0. The van der Waals surface area contributed by atoms with Crippen LogP contribution in [0, 0.1) is 5.82 Å². The van der Waals surface area contributed by atoms with E-state index in [0.29, 0.717) is 24.6 Å². The number of amides is 1. The van der Waals surface area contributed by atoms with Gasteiger partial charge in [0.15, 0.2) is 0 Å². The molecule has 1 aromatic heterocycles. The number of H-pyrrole nitrogens is 1. The van der Waals surface area contributed by atoms with Gasteiger partial charge in [0.2, 0.25) is 5.91 Å². The first-order valence-corrected chi connectivity index (χ1v) is 10.1. The Morgan fingerprint density at radius 1 is 1.38 bits per heavy atom. The molecule has 1 aliphatic rings. The van der Waals surface area contributed by atoms with Gasteiger partial charge in [-0.2, -0.15) is 0 Å². The lowest BCUT2D eigenvalue weighted by atomic mass is 9.95. The summed E-state index contributed by atoms with van der Waals surface area (Å²) in [5.74, 6) is 0.102. The van der Waals surface area contributed by atoms with Gasteiger partial charge in [0.05, 0.1) is 0 Å². The quantitative estimate of drug-likeness (QED) is 0.571. The van der Waals surface area contributed by atoms with Gasteiger partial charge in [-0.05, 0) is 61.6 Å². The van der Waals surface area contributed by atoms with E-state index >= 15 is 0 Å². The Kier molecular flexibility index (Phi) is 5.53. The summed E-state index contributed by atoms with van der Waals surface area (Å²) in [6, 6.07) is 10.7. The molecule has 4 N–H and O–H groups in total. The second-order valence-corrected chi connectivity index (χ2v) is 7.67. The van der Waals surface area contributed by atoms with Crippen molar-refractivity contribution in [2.75, 3.05) is 6.61 Å². The molecule has 152 valence electrons. The van der Waals surface area contributed by atoms with Gasteiger partial charge in [0, 0.05) is 40.3 Å². The number of carbonyl (C=O) groups excluding carboxylic acids is 1. The van der Waals surface area contributed by atoms with E-state index in [1.165, 1.54) is 6.07 Å². The Morgan fingerprint density at radius 3 is 3.03 bits per heavy atom. The number of primary amides is 1. The molecule has 2 unspecified atom stereocenters. The summed E-state index contributed by atoms with van der Waals surface area (Å²) >= 11 is 0. The molecule has 0 fully saturated rings. The summed E-state index contributed by atoms with van der Waals surface area (Å²) in [6.45, 7) is 2.71. The summed E-state index contributed by atoms with van der Waals surface area (Å²) in [6.07, 6.45) is 5.43. The zero-order chi connectivity index (χ0) is 20.4. The van der Waals surface area contributed by atoms with Crippen molar-refractivity contribution >= 4 is 16.8 Å². The number of halogens is 1. The van der Waals surface area contributed by atoms with Crippen LogP contribution in [0.25, 0.3) is 10.9 Å². The Morgan fingerprint density at radius 2 is 2.24 bits per heavy atom. The fraction of sp³-hybridized carbons (Fsp3) is 0.348. The summed E-state index contributed by atoms with van der Waals surface area (Å²) in [5.41, 5.74) is 9.02. The fourth-order valence-corrected chi connectivity index (χ4v) is 4.17. The van der Waals surface area contributed by atoms with E-state index < -0.39 is 5.91 Å². The first-order chi connectivity index (χ1) is 14.0. The van der Waals surface area contributed by atoms with E-state index in [9.17, 15) is 9.18 Å². The summed E-state index contributed by atoms with van der Waals surface area (Å²) in [5, 5.41) is 4.62. The first kappa shape index (κ1) is 19.5. The van der Waals surface area contributed by atoms with Crippen molar-refractivity contribution in [2.24, 2.45) is 5.73 Å². The molecule has 6 heteroatoms. The van der Waals surface area contributed by atoms with Crippen molar-refractivity contribution in [3.8, 4) is 5.75 Å². The van der Waals surface area contributed by atoms with Crippen molar-refractivity contribution in [1.29, 1.82) is 0 Å². The molecule has 1 amide bonds. The van der Waals surface area contributed by atoms with Gasteiger partial charge in [0.25, 0.3) is 0 Å². The summed E-state index contributed by atoms with van der Waals surface area (Å²) < 4.78 is 19.5. The van der Waals surface area contributed by atoms with Crippen molar-refractivity contribution < 1.29 is 13.9 Å². The van der Waals surface area contributed by atoms with E-state index in [-0.39, 0.29) is 11.9 Å². The molecular weight excluding hydrogens is 369 g/mol. The Balaban J connectivity index is 1.42. The molecule has 29 heavy (non-hydrogen) atoms. The number of aromatic amines is 1. The highest BCUT2D eigenvalue weighted by Crippen LogP contribution is 2.28. The predicted octanol–water partition coefficient (Wildman–Crippen LogP) is 3.71. The number of aryl methyl sites for hydroxylation is 1. The average Bonchev–Trinajstić information content (AvgIpc) is 3.12. The van der Waals surface area contributed by atoms with Crippen LogP contribution in [-0.2, 0) is 12.8 Å². The standard InChI is InChI=1S/C23H26FN3O2/c1-2-16(8-6-14-12-26-21-9-7-15(24)10-19(14)21)27-17-11-20-18(23(25)28)4-3-5-22(20)29-13-17/h3-5,7,9-10,12,16-17,26-27H,2,6,8,11,13H2,1H3,(H2,25,28). The third-order valence-electron chi connectivity index (χ3n) is 5.74. The Hall–Kier alpha value is -2.86. The van der Waals surface area contributed by atoms with Crippen molar-refractivity contribution in [3.63, 3.8) is 0 Å². The minimum absolute atomic E-state index is 0.119. The third-order valence-corrected chi connectivity index (χ3v) is 5.74. The smallest absolute Gasteiger partial charge is 0.249 e. The average molecular weight is 395 g/mol. The lowest BCUT2D eigenvalue weighted by molar-refractivity contribution is 0.0997. The second kappa shape index (κ2) is 8.25. The van der Waals surface area contributed by atoms with Crippen molar-refractivity contribution in [1.82, 2.24) is 10.3 Å². The first-order valence-electron chi connectivity index (χ1n) is 10.1. The number of carbonyl (C=O) groups is 1.